The maximum absolute atomic E-state index is 11.2. The van der Waals surface area contributed by atoms with Crippen molar-refractivity contribution in [2.45, 2.75) is 108 Å². The van der Waals surface area contributed by atoms with E-state index in [1.807, 2.05) is 0 Å². The molecule has 4 saturated carbocycles. The normalized spacial score (nSPS) is 55.9. The molecule has 0 radical (unpaired) electrons. The van der Waals surface area contributed by atoms with Gasteiger partial charge in [0.15, 0.2) is 6.29 Å². The SMILES string of the molecule is CO[C@H]1[C@H](O)[C@@H](O)[C@H](OC[C@]2(C)CCC[C@]3(C)[C@@H]2CC[C@@]24C[C@@H](CC[C@H]23)[C@](O)(CO)C4)O[C@@H]1CO. The maximum atomic E-state index is 11.2. The summed E-state index contributed by atoms with van der Waals surface area (Å²) in [4.78, 5) is 0. The van der Waals surface area contributed by atoms with Crippen LogP contribution in [0, 0.1) is 34.0 Å². The largest absolute Gasteiger partial charge is 0.394 e. The second-order valence-electron chi connectivity index (χ2n) is 13.2. The Morgan fingerprint density at radius 3 is 2.43 bits per heavy atom. The summed E-state index contributed by atoms with van der Waals surface area (Å²) < 4.78 is 17.3. The molecule has 0 aromatic rings. The van der Waals surface area contributed by atoms with Gasteiger partial charge in [-0.1, -0.05) is 20.3 Å². The van der Waals surface area contributed by atoms with E-state index in [0.717, 1.165) is 51.4 Å². The Bertz CT molecular complexity index is 778. The van der Waals surface area contributed by atoms with Crippen molar-refractivity contribution in [3.8, 4) is 0 Å². The Hall–Kier alpha value is -0.320. The highest BCUT2D eigenvalue weighted by Crippen LogP contribution is 2.72. The van der Waals surface area contributed by atoms with Crippen LogP contribution < -0.4 is 0 Å². The van der Waals surface area contributed by atoms with Crippen LogP contribution >= 0.6 is 0 Å². The average molecular weight is 499 g/mol. The molecule has 1 aliphatic heterocycles. The monoisotopic (exact) mass is 498 g/mol. The first-order valence-corrected chi connectivity index (χ1v) is 13.7. The Kier molecular flexibility index (Phi) is 6.88. The Balaban J connectivity index is 1.33. The maximum Gasteiger partial charge on any atom is 0.186 e. The van der Waals surface area contributed by atoms with Crippen LogP contribution in [0.1, 0.15) is 71.6 Å². The van der Waals surface area contributed by atoms with Gasteiger partial charge in [0.05, 0.1) is 25.4 Å². The highest BCUT2D eigenvalue weighted by atomic mass is 16.7. The zero-order chi connectivity index (χ0) is 25.2. The molecule has 2 bridgehead atoms. The van der Waals surface area contributed by atoms with Crippen LogP contribution in [-0.4, -0.2) is 88.8 Å². The zero-order valence-electron chi connectivity index (χ0n) is 21.6. The van der Waals surface area contributed by atoms with Crippen LogP contribution in [0.3, 0.4) is 0 Å². The molecule has 8 nitrogen and oxygen atoms in total. The second-order valence-corrected chi connectivity index (χ2v) is 13.2. The lowest BCUT2D eigenvalue weighted by Gasteiger charge is -2.64. The lowest BCUT2D eigenvalue weighted by Crippen LogP contribution is -2.61. The molecule has 0 amide bonds. The first kappa shape index (κ1) is 26.3. The van der Waals surface area contributed by atoms with E-state index in [1.165, 1.54) is 13.5 Å². The van der Waals surface area contributed by atoms with Crippen LogP contribution in [0.4, 0.5) is 0 Å². The van der Waals surface area contributed by atoms with Crippen LogP contribution in [-0.2, 0) is 14.2 Å². The highest BCUT2D eigenvalue weighted by Gasteiger charge is 2.67. The summed E-state index contributed by atoms with van der Waals surface area (Å²) in [5.74, 6) is 1.20. The van der Waals surface area contributed by atoms with E-state index in [2.05, 4.69) is 13.8 Å². The lowest BCUT2D eigenvalue weighted by molar-refractivity contribution is -0.313. The minimum absolute atomic E-state index is 0.0990. The molecule has 12 atom stereocenters. The smallest absolute Gasteiger partial charge is 0.186 e. The first-order valence-electron chi connectivity index (χ1n) is 13.7. The molecule has 5 rings (SSSR count). The van der Waals surface area contributed by atoms with E-state index in [4.69, 9.17) is 14.2 Å². The molecule has 1 heterocycles. The number of rotatable bonds is 6. The van der Waals surface area contributed by atoms with Gasteiger partial charge in [0.25, 0.3) is 0 Å². The van der Waals surface area contributed by atoms with Crippen molar-refractivity contribution in [2.75, 3.05) is 26.9 Å². The summed E-state index contributed by atoms with van der Waals surface area (Å²) >= 11 is 0. The molecule has 35 heavy (non-hydrogen) atoms. The van der Waals surface area contributed by atoms with E-state index in [0.29, 0.717) is 18.4 Å². The third-order valence-corrected chi connectivity index (χ3v) is 11.4. The van der Waals surface area contributed by atoms with Gasteiger partial charge in [-0.2, -0.15) is 0 Å². The molecule has 0 aromatic heterocycles. The molecule has 0 aromatic carbocycles. The lowest BCUT2D eigenvalue weighted by atomic mass is 9.41. The summed E-state index contributed by atoms with van der Waals surface area (Å²) in [5.41, 5.74) is -0.752. The van der Waals surface area contributed by atoms with Crippen LogP contribution in [0.5, 0.6) is 0 Å². The van der Waals surface area contributed by atoms with Crippen molar-refractivity contribution in [1.29, 1.82) is 0 Å². The van der Waals surface area contributed by atoms with Gasteiger partial charge in [-0.25, -0.2) is 0 Å². The number of aliphatic hydroxyl groups excluding tert-OH is 4. The second kappa shape index (κ2) is 9.16. The summed E-state index contributed by atoms with van der Waals surface area (Å²) in [6.07, 6.45) is 4.30. The summed E-state index contributed by atoms with van der Waals surface area (Å²) in [5, 5.41) is 52.0. The van der Waals surface area contributed by atoms with E-state index >= 15 is 0 Å². The molecule has 5 N–H and O–H groups in total. The summed E-state index contributed by atoms with van der Waals surface area (Å²) in [6, 6.07) is 0. The number of aliphatic hydroxyl groups is 5. The quantitative estimate of drug-likeness (QED) is 0.374. The fourth-order valence-corrected chi connectivity index (χ4v) is 9.87. The Morgan fingerprint density at radius 2 is 1.74 bits per heavy atom. The standard InChI is InChI=1S/C27H46O8/c1-24(15-34-23-21(31)20(30)22(33-3)17(12-28)35-23)8-4-9-25(2)18(24)7-10-26-11-16(5-6-19(25)26)27(32,13-26)14-29/h16-23,28-32H,4-15H2,1-3H3/t16-,17-,18-,19+,20-,21-,22-,23-,24+,25-,26+,27-/m1/s1. The highest BCUT2D eigenvalue weighted by molar-refractivity contribution is 5.17. The molecule has 1 saturated heterocycles. The Morgan fingerprint density at radius 1 is 0.971 bits per heavy atom. The number of hydrogen-bond donors (Lipinski definition) is 5. The van der Waals surface area contributed by atoms with E-state index < -0.39 is 36.3 Å². The van der Waals surface area contributed by atoms with Gasteiger partial charge < -0.3 is 39.7 Å². The van der Waals surface area contributed by atoms with Crippen molar-refractivity contribution >= 4 is 0 Å². The molecule has 5 aliphatic rings. The van der Waals surface area contributed by atoms with Gasteiger partial charge in [0.1, 0.15) is 24.4 Å². The van der Waals surface area contributed by atoms with Gasteiger partial charge in [0.2, 0.25) is 0 Å². The van der Waals surface area contributed by atoms with Crippen LogP contribution in [0.2, 0.25) is 0 Å². The van der Waals surface area contributed by atoms with Crippen molar-refractivity contribution in [1.82, 2.24) is 0 Å². The van der Waals surface area contributed by atoms with E-state index in [9.17, 15) is 25.5 Å². The predicted molar refractivity (Wildman–Crippen MR) is 127 cm³/mol. The van der Waals surface area contributed by atoms with Gasteiger partial charge >= 0.3 is 0 Å². The third-order valence-electron chi connectivity index (χ3n) is 11.4. The fraction of sp³-hybridized carbons (Fsp3) is 1.00. The van der Waals surface area contributed by atoms with Gasteiger partial charge in [-0.05, 0) is 85.4 Å². The molecule has 8 heteroatoms. The van der Waals surface area contributed by atoms with E-state index in [1.54, 1.807) is 0 Å². The summed E-state index contributed by atoms with van der Waals surface area (Å²) in [6.45, 7) is 4.71. The van der Waals surface area contributed by atoms with Gasteiger partial charge in [-0.15, -0.1) is 0 Å². The first-order chi connectivity index (χ1) is 16.6. The third kappa shape index (κ3) is 3.94. The van der Waals surface area contributed by atoms with Gasteiger partial charge in [-0.3, -0.25) is 0 Å². The molecule has 5 fully saturated rings. The molecule has 1 spiro atoms. The molecular formula is C27H46O8. The molecule has 202 valence electrons. The number of ether oxygens (including phenoxy) is 3. The van der Waals surface area contributed by atoms with Crippen molar-refractivity contribution in [3.63, 3.8) is 0 Å². The van der Waals surface area contributed by atoms with E-state index in [-0.39, 0.29) is 35.4 Å². The van der Waals surface area contributed by atoms with Crippen molar-refractivity contribution < 1.29 is 39.7 Å². The molecular weight excluding hydrogens is 452 g/mol. The van der Waals surface area contributed by atoms with Crippen LogP contribution in [0.25, 0.3) is 0 Å². The minimum atomic E-state index is -1.25. The fourth-order valence-electron chi connectivity index (χ4n) is 9.87. The molecule has 4 aliphatic carbocycles. The van der Waals surface area contributed by atoms with Crippen molar-refractivity contribution in [3.05, 3.63) is 0 Å². The average Bonchev–Trinajstić information content (AvgIpc) is 3.04. The molecule has 0 unspecified atom stereocenters. The van der Waals surface area contributed by atoms with Crippen molar-refractivity contribution in [2.24, 2.45) is 34.0 Å². The van der Waals surface area contributed by atoms with Crippen LogP contribution in [0.15, 0.2) is 0 Å². The number of methoxy groups -OCH3 is 1. The van der Waals surface area contributed by atoms with Gasteiger partial charge in [0, 0.05) is 7.11 Å². The topological polar surface area (TPSA) is 129 Å². The number of hydrogen-bond acceptors (Lipinski definition) is 8. The Labute approximate surface area is 209 Å². The minimum Gasteiger partial charge on any atom is -0.394 e. The number of fused-ring (bicyclic) bond motifs is 3. The zero-order valence-corrected chi connectivity index (χ0v) is 21.6. The predicted octanol–water partition coefficient (Wildman–Crippen LogP) is 1.59. The summed E-state index contributed by atoms with van der Waals surface area (Å²) in [7, 11) is 1.42.